The Morgan fingerprint density at radius 2 is 1.94 bits per heavy atom. The Morgan fingerprint density at radius 3 is 2.61 bits per heavy atom. The number of halogens is 2. The molecule has 1 aromatic carbocycles. The molecule has 0 bridgehead atoms. The van der Waals surface area contributed by atoms with E-state index in [4.69, 9.17) is 28.3 Å². The molecule has 0 radical (unpaired) electrons. The zero-order valence-corrected chi connectivity index (χ0v) is 12.0. The molecule has 98 valence electrons. The largest absolute Gasteiger partial charge is 0.381 e. The lowest BCUT2D eigenvalue weighted by Gasteiger charge is -2.11. The summed E-state index contributed by atoms with van der Waals surface area (Å²) in [6.07, 6.45) is 0. The van der Waals surface area contributed by atoms with E-state index in [2.05, 4.69) is 14.0 Å². The van der Waals surface area contributed by atoms with Crippen molar-refractivity contribution < 1.29 is 8.42 Å². The summed E-state index contributed by atoms with van der Waals surface area (Å²) in [4.78, 5) is 0. The van der Waals surface area contributed by atoms with Gasteiger partial charge in [0.15, 0.2) is 0 Å². The van der Waals surface area contributed by atoms with Crippen molar-refractivity contribution in [2.75, 3.05) is 17.6 Å². The number of hydrogen-bond acceptors (Lipinski definition) is 5. The number of primary sulfonamides is 1. The highest BCUT2D eigenvalue weighted by molar-refractivity contribution is 7.89. The molecule has 1 aliphatic heterocycles. The fourth-order valence-electron chi connectivity index (χ4n) is 1.36. The molecule has 0 amide bonds. The van der Waals surface area contributed by atoms with E-state index < -0.39 is 10.0 Å². The molecule has 0 aromatic heterocycles. The van der Waals surface area contributed by atoms with Crippen molar-refractivity contribution in [1.29, 1.82) is 0 Å². The van der Waals surface area contributed by atoms with Crippen LogP contribution < -0.4 is 10.5 Å². The Morgan fingerprint density at radius 1 is 1.28 bits per heavy atom. The summed E-state index contributed by atoms with van der Waals surface area (Å²) in [6, 6.07) is 1.53. The van der Waals surface area contributed by atoms with E-state index in [0.29, 0.717) is 27.1 Å². The lowest BCUT2D eigenvalue weighted by Crippen LogP contribution is -2.22. The topological polar surface area (TPSA) is 96.9 Å². The van der Waals surface area contributed by atoms with Crippen LogP contribution in [0.3, 0.4) is 0 Å². The van der Waals surface area contributed by atoms with Gasteiger partial charge in [0, 0.05) is 6.54 Å². The van der Waals surface area contributed by atoms with Gasteiger partial charge >= 0.3 is 0 Å². The van der Waals surface area contributed by atoms with Crippen LogP contribution in [-0.4, -0.2) is 20.7 Å². The highest BCUT2D eigenvalue weighted by Gasteiger charge is 2.18. The molecule has 0 atom stereocenters. The van der Waals surface area contributed by atoms with Gasteiger partial charge in [-0.2, -0.15) is 8.73 Å². The average Bonchev–Trinajstić information content (AvgIpc) is 2.70. The maximum atomic E-state index is 10.8. The van der Waals surface area contributed by atoms with Gasteiger partial charge < -0.3 is 5.32 Å². The van der Waals surface area contributed by atoms with Crippen molar-refractivity contribution in [1.82, 2.24) is 0 Å². The fraction of sp³-hybridized carbons (Fsp3) is 0.250. The van der Waals surface area contributed by atoms with Crippen LogP contribution >= 0.6 is 23.2 Å². The highest BCUT2D eigenvalue weighted by atomic mass is 35.5. The zero-order valence-electron chi connectivity index (χ0n) is 8.85. The Balaban J connectivity index is 2.25. The summed E-state index contributed by atoms with van der Waals surface area (Å²) in [5, 5.41) is 8.55. The maximum Gasteiger partial charge on any atom is 0.210 e. The lowest BCUT2D eigenvalue weighted by atomic mass is 10.2. The molecule has 0 fully saturated rings. The van der Waals surface area contributed by atoms with Gasteiger partial charge in [0.1, 0.15) is 11.4 Å². The Bertz CT molecular complexity index is 668. The Labute approximate surface area is 117 Å². The third kappa shape index (κ3) is 3.01. The van der Waals surface area contributed by atoms with Gasteiger partial charge in [-0.3, -0.25) is 0 Å². The monoisotopic (exact) mass is 326 g/mol. The molecule has 1 heterocycles. The van der Waals surface area contributed by atoms with Crippen molar-refractivity contribution in [3.05, 3.63) is 16.1 Å². The van der Waals surface area contributed by atoms with Crippen molar-refractivity contribution in [3.63, 3.8) is 0 Å². The number of hydrogen-bond donors (Lipinski definition) is 2. The molecule has 0 aliphatic carbocycles. The number of benzene rings is 1. The molecule has 0 saturated carbocycles. The maximum absolute atomic E-state index is 10.8. The summed E-state index contributed by atoms with van der Waals surface area (Å²) < 4.78 is 29.8. The van der Waals surface area contributed by atoms with Crippen LogP contribution in [0.2, 0.25) is 10.0 Å². The van der Waals surface area contributed by atoms with E-state index in [0.717, 1.165) is 11.4 Å². The van der Waals surface area contributed by atoms with Gasteiger partial charge in [0.05, 0.1) is 32.8 Å². The summed E-state index contributed by atoms with van der Waals surface area (Å²) in [7, 11) is -3.52. The number of nitrogens with zero attached hydrogens (tertiary/aromatic N) is 2. The normalized spacial score (nSPS) is 13.3. The molecule has 1 aromatic rings. The molecular formula is C8H8Cl2N4O2S2. The number of sulfonamides is 1. The molecular weight excluding hydrogens is 319 g/mol. The molecule has 2 rings (SSSR count). The van der Waals surface area contributed by atoms with E-state index in [1.54, 1.807) is 0 Å². The number of anilines is 1. The van der Waals surface area contributed by atoms with Gasteiger partial charge in [-0.25, -0.2) is 13.6 Å². The predicted octanol–water partition coefficient (Wildman–Crippen LogP) is 2.42. The van der Waals surface area contributed by atoms with Crippen LogP contribution in [0.4, 0.5) is 17.1 Å². The van der Waals surface area contributed by atoms with Gasteiger partial charge in [0.2, 0.25) is 10.0 Å². The second-order valence-electron chi connectivity index (χ2n) is 3.47. The summed E-state index contributed by atoms with van der Waals surface area (Å²) in [5.41, 5.74) is 1.56. The fourth-order valence-corrected chi connectivity index (χ4v) is 2.93. The van der Waals surface area contributed by atoms with E-state index in [1.807, 2.05) is 0 Å². The number of nitrogens with one attached hydrogen (secondary N) is 1. The molecule has 0 unspecified atom stereocenters. The minimum atomic E-state index is -3.52. The standard InChI is InChI=1S/C8H8Cl2N4O2S2/c9-4-3-5(10)7-8(14-17-13-7)6(4)12-1-2-18(11,15)16/h3,12H,1-2H2,(H2,11,15,16). The molecule has 6 nitrogen and oxygen atoms in total. The van der Waals surface area contributed by atoms with Crippen molar-refractivity contribution in [3.8, 4) is 0 Å². The lowest BCUT2D eigenvalue weighted by molar-refractivity contribution is 0.598. The van der Waals surface area contributed by atoms with Crippen LogP contribution in [0.15, 0.2) is 14.8 Å². The van der Waals surface area contributed by atoms with Crippen LogP contribution in [0.1, 0.15) is 0 Å². The van der Waals surface area contributed by atoms with Gasteiger partial charge in [-0.15, -0.1) is 0 Å². The molecule has 10 heteroatoms. The summed E-state index contributed by atoms with van der Waals surface area (Å²) in [6.45, 7) is 0.132. The SMILES string of the molecule is NS(=O)(=O)CCNc1c(Cl)cc(Cl)c2c1N=S=N2. The van der Waals surface area contributed by atoms with E-state index in [9.17, 15) is 8.42 Å². The first-order valence-electron chi connectivity index (χ1n) is 4.73. The summed E-state index contributed by atoms with van der Waals surface area (Å²) in [5.74, 6) is -0.203. The van der Waals surface area contributed by atoms with Gasteiger partial charge in [-0.05, 0) is 6.07 Å². The molecule has 1 aliphatic rings. The molecule has 0 saturated heterocycles. The summed E-state index contributed by atoms with van der Waals surface area (Å²) >= 11 is 13.0. The smallest absolute Gasteiger partial charge is 0.210 e. The minimum absolute atomic E-state index is 0.132. The van der Waals surface area contributed by atoms with Gasteiger partial charge in [0.25, 0.3) is 0 Å². The number of nitrogens with two attached hydrogens (primary N) is 1. The molecule has 3 N–H and O–H groups in total. The van der Waals surface area contributed by atoms with Crippen LogP contribution in [-0.2, 0) is 21.4 Å². The number of fused-ring (bicyclic) bond motifs is 1. The second-order valence-corrected chi connectivity index (χ2v) is 6.55. The van der Waals surface area contributed by atoms with Crippen molar-refractivity contribution >= 4 is 61.6 Å². The van der Waals surface area contributed by atoms with E-state index in [-0.39, 0.29) is 12.3 Å². The highest BCUT2D eigenvalue weighted by Crippen LogP contribution is 2.47. The average molecular weight is 327 g/mol. The van der Waals surface area contributed by atoms with Gasteiger partial charge in [-0.1, -0.05) is 23.2 Å². The van der Waals surface area contributed by atoms with E-state index in [1.165, 1.54) is 6.07 Å². The minimum Gasteiger partial charge on any atom is -0.381 e. The zero-order chi connectivity index (χ0) is 13.3. The third-order valence-corrected chi connectivity index (χ3v) is 4.02. The predicted molar refractivity (Wildman–Crippen MR) is 74.5 cm³/mol. The third-order valence-electron chi connectivity index (χ3n) is 2.13. The molecule has 0 spiro atoms. The Hall–Kier alpha value is -0.670. The van der Waals surface area contributed by atoms with Crippen molar-refractivity contribution in [2.45, 2.75) is 0 Å². The van der Waals surface area contributed by atoms with Crippen molar-refractivity contribution in [2.24, 2.45) is 13.9 Å². The first kappa shape index (κ1) is 13.8. The van der Waals surface area contributed by atoms with Crippen LogP contribution in [0, 0.1) is 0 Å². The second kappa shape index (κ2) is 5.14. The first-order chi connectivity index (χ1) is 8.38. The Kier molecular flexibility index (Phi) is 3.93. The first-order valence-corrected chi connectivity index (χ1v) is 7.93. The van der Waals surface area contributed by atoms with E-state index >= 15 is 0 Å². The van der Waals surface area contributed by atoms with Crippen LogP contribution in [0.5, 0.6) is 0 Å². The molecule has 18 heavy (non-hydrogen) atoms. The quantitative estimate of drug-likeness (QED) is 0.902. The van der Waals surface area contributed by atoms with Crippen LogP contribution in [0.25, 0.3) is 0 Å². The number of rotatable bonds is 4.